The Morgan fingerprint density at radius 3 is 2.60 bits per heavy atom. The molecular formula is C17H15N3O4S. The van der Waals surface area contributed by atoms with Crippen LogP contribution in [-0.2, 0) is 4.79 Å². The second-order valence-corrected chi connectivity index (χ2v) is 5.83. The number of rotatable bonds is 6. The van der Waals surface area contributed by atoms with Crippen molar-refractivity contribution in [3.05, 3.63) is 46.7 Å². The Labute approximate surface area is 147 Å². The maximum Gasteiger partial charge on any atom is 0.322 e. The van der Waals surface area contributed by atoms with E-state index in [4.69, 9.17) is 13.9 Å². The molecule has 1 amide bonds. The summed E-state index contributed by atoms with van der Waals surface area (Å²) in [5, 5.41) is 12.2. The van der Waals surface area contributed by atoms with Crippen LogP contribution in [0.25, 0.3) is 17.5 Å². The monoisotopic (exact) mass is 357 g/mol. The molecule has 0 bridgehead atoms. The molecule has 0 saturated carbocycles. The van der Waals surface area contributed by atoms with Crippen LogP contribution in [0.15, 0.2) is 46.2 Å². The van der Waals surface area contributed by atoms with E-state index >= 15 is 0 Å². The lowest BCUT2D eigenvalue weighted by molar-refractivity contribution is -0.112. The number of nitrogens with one attached hydrogen (secondary N) is 1. The first-order valence-corrected chi connectivity index (χ1v) is 8.15. The summed E-state index contributed by atoms with van der Waals surface area (Å²) >= 11 is 1.54. The van der Waals surface area contributed by atoms with Crippen LogP contribution < -0.4 is 14.8 Å². The van der Waals surface area contributed by atoms with E-state index in [0.29, 0.717) is 17.1 Å². The number of nitrogens with zero attached hydrogens (tertiary/aromatic N) is 2. The summed E-state index contributed by atoms with van der Waals surface area (Å²) in [5.74, 6) is 1.08. The highest BCUT2D eigenvalue weighted by molar-refractivity contribution is 7.10. The van der Waals surface area contributed by atoms with Gasteiger partial charge in [0.2, 0.25) is 5.89 Å². The van der Waals surface area contributed by atoms with E-state index in [-0.39, 0.29) is 17.8 Å². The number of carbonyl (C=O) groups excluding carboxylic acids is 1. The molecule has 0 aliphatic carbocycles. The van der Waals surface area contributed by atoms with Gasteiger partial charge in [-0.3, -0.25) is 10.1 Å². The summed E-state index contributed by atoms with van der Waals surface area (Å²) in [6, 6.07) is 9.04. The van der Waals surface area contributed by atoms with Gasteiger partial charge in [0.05, 0.1) is 14.2 Å². The molecule has 128 valence electrons. The molecule has 0 aliphatic heterocycles. The summed E-state index contributed by atoms with van der Waals surface area (Å²) in [5.41, 5.74) is 0.623. The van der Waals surface area contributed by atoms with Gasteiger partial charge in [0.15, 0.2) is 0 Å². The number of hydrogen-bond acceptors (Lipinski definition) is 7. The van der Waals surface area contributed by atoms with Crippen LogP contribution in [0.4, 0.5) is 6.01 Å². The topological polar surface area (TPSA) is 86.5 Å². The molecular weight excluding hydrogens is 342 g/mol. The SMILES string of the molecule is COc1cc(OC)cc(-c2nnc(NC(=O)/C=C/c3cccs3)o2)c1. The summed E-state index contributed by atoms with van der Waals surface area (Å²) < 4.78 is 15.9. The third kappa shape index (κ3) is 4.24. The first kappa shape index (κ1) is 16.7. The molecule has 2 heterocycles. The Morgan fingerprint density at radius 1 is 1.20 bits per heavy atom. The van der Waals surface area contributed by atoms with Gasteiger partial charge in [-0.1, -0.05) is 11.2 Å². The number of anilines is 1. The number of ether oxygens (including phenoxy) is 2. The van der Waals surface area contributed by atoms with Gasteiger partial charge in [-0.05, 0) is 29.7 Å². The zero-order chi connectivity index (χ0) is 17.6. The molecule has 1 N–H and O–H groups in total. The Morgan fingerprint density at radius 2 is 1.96 bits per heavy atom. The molecule has 0 saturated heterocycles. The molecule has 8 heteroatoms. The van der Waals surface area contributed by atoms with Crippen LogP contribution in [0.3, 0.4) is 0 Å². The zero-order valence-corrected chi connectivity index (χ0v) is 14.4. The Balaban J connectivity index is 1.73. The Hall–Kier alpha value is -3.13. The number of methoxy groups -OCH3 is 2. The number of aromatic nitrogens is 2. The van der Waals surface area contributed by atoms with Gasteiger partial charge in [-0.15, -0.1) is 16.4 Å². The first-order chi connectivity index (χ1) is 12.2. The highest BCUT2D eigenvalue weighted by Gasteiger charge is 2.12. The lowest BCUT2D eigenvalue weighted by Gasteiger charge is -2.05. The molecule has 7 nitrogen and oxygen atoms in total. The van der Waals surface area contributed by atoms with E-state index < -0.39 is 0 Å². The fraction of sp³-hybridized carbons (Fsp3) is 0.118. The van der Waals surface area contributed by atoms with E-state index in [1.807, 2.05) is 17.5 Å². The Bertz CT molecular complexity index is 865. The predicted octanol–water partition coefficient (Wildman–Crippen LogP) is 3.47. The fourth-order valence-electron chi connectivity index (χ4n) is 2.01. The Kier molecular flexibility index (Phi) is 5.10. The third-order valence-electron chi connectivity index (χ3n) is 3.20. The van der Waals surface area contributed by atoms with Crippen molar-refractivity contribution in [2.45, 2.75) is 0 Å². The molecule has 2 aromatic heterocycles. The minimum Gasteiger partial charge on any atom is -0.497 e. The smallest absolute Gasteiger partial charge is 0.322 e. The molecule has 0 atom stereocenters. The normalized spacial score (nSPS) is 10.8. The largest absolute Gasteiger partial charge is 0.497 e. The number of thiophene rings is 1. The second-order valence-electron chi connectivity index (χ2n) is 4.85. The molecule has 0 radical (unpaired) electrons. The van der Waals surface area contributed by atoms with Crippen LogP contribution in [0.2, 0.25) is 0 Å². The van der Waals surface area contributed by atoms with Crippen LogP contribution in [-0.4, -0.2) is 30.3 Å². The average Bonchev–Trinajstić information content (AvgIpc) is 3.31. The maximum absolute atomic E-state index is 11.9. The van der Waals surface area contributed by atoms with E-state index in [9.17, 15) is 4.79 Å². The van der Waals surface area contributed by atoms with Gasteiger partial charge in [-0.25, -0.2) is 0 Å². The van der Waals surface area contributed by atoms with Crippen molar-refractivity contribution in [2.75, 3.05) is 19.5 Å². The molecule has 0 aliphatic rings. The summed E-state index contributed by atoms with van der Waals surface area (Å²) in [6.07, 6.45) is 3.12. The van der Waals surface area contributed by atoms with Gasteiger partial charge in [0.25, 0.3) is 5.91 Å². The van der Waals surface area contributed by atoms with Gasteiger partial charge < -0.3 is 13.9 Å². The van der Waals surface area contributed by atoms with Crippen LogP contribution in [0.1, 0.15) is 4.88 Å². The van der Waals surface area contributed by atoms with Crippen molar-refractivity contribution in [1.29, 1.82) is 0 Å². The second kappa shape index (κ2) is 7.63. The molecule has 25 heavy (non-hydrogen) atoms. The maximum atomic E-state index is 11.9. The van der Waals surface area contributed by atoms with E-state index in [0.717, 1.165) is 4.88 Å². The van der Waals surface area contributed by atoms with Crippen LogP contribution in [0, 0.1) is 0 Å². The summed E-state index contributed by atoms with van der Waals surface area (Å²) in [7, 11) is 3.11. The van der Waals surface area contributed by atoms with Crippen molar-refractivity contribution in [3.8, 4) is 23.0 Å². The van der Waals surface area contributed by atoms with Gasteiger partial charge in [0.1, 0.15) is 11.5 Å². The molecule has 3 rings (SSSR count). The van der Waals surface area contributed by atoms with E-state index in [1.54, 1.807) is 38.5 Å². The van der Waals surface area contributed by atoms with Gasteiger partial charge in [0, 0.05) is 22.6 Å². The zero-order valence-electron chi connectivity index (χ0n) is 13.6. The van der Waals surface area contributed by atoms with Gasteiger partial charge in [-0.2, -0.15) is 0 Å². The highest BCUT2D eigenvalue weighted by Crippen LogP contribution is 2.29. The van der Waals surface area contributed by atoms with Gasteiger partial charge >= 0.3 is 6.01 Å². The lowest BCUT2D eigenvalue weighted by Crippen LogP contribution is -2.07. The van der Waals surface area contributed by atoms with Crippen LogP contribution >= 0.6 is 11.3 Å². The lowest BCUT2D eigenvalue weighted by atomic mass is 10.2. The van der Waals surface area contributed by atoms with Crippen molar-refractivity contribution in [3.63, 3.8) is 0 Å². The summed E-state index contributed by atoms with van der Waals surface area (Å²) in [4.78, 5) is 12.9. The third-order valence-corrected chi connectivity index (χ3v) is 4.03. The fourth-order valence-corrected chi connectivity index (χ4v) is 2.63. The predicted molar refractivity (Wildman–Crippen MR) is 94.8 cm³/mol. The van der Waals surface area contributed by atoms with E-state index in [2.05, 4.69) is 15.5 Å². The molecule has 0 unspecified atom stereocenters. The summed E-state index contributed by atoms with van der Waals surface area (Å²) in [6.45, 7) is 0. The van der Waals surface area contributed by atoms with Crippen molar-refractivity contribution < 1.29 is 18.7 Å². The number of carbonyl (C=O) groups is 1. The van der Waals surface area contributed by atoms with Crippen molar-refractivity contribution in [2.24, 2.45) is 0 Å². The highest BCUT2D eigenvalue weighted by atomic mass is 32.1. The number of hydrogen-bond donors (Lipinski definition) is 1. The number of benzene rings is 1. The molecule has 0 spiro atoms. The van der Waals surface area contributed by atoms with Crippen LogP contribution in [0.5, 0.6) is 11.5 Å². The molecule has 3 aromatic rings. The van der Waals surface area contributed by atoms with Crippen molar-refractivity contribution >= 4 is 29.3 Å². The quantitative estimate of drug-likeness (QED) is 0.680. The minimum absolute atomic E-state index is 0.0117. The van der Waals surface area contributed by atoms with Crippen molar-refractivity contribution in [1.82, 2.24) is 10.2 Å². The van der Waals surface area contributed by atoms with E-state index in [1.165, 1.54) is 17.4 Å². The number of amides is 1. The molecule has 0 fully saturated rings. The minimum atomic E-state index is -0.355. The average molecular weight is 357 g/mol. The first-order valence-electron chi connectivity index (χ1n) is 7.27. The standard InChI is InChI=1S/C17H15N3O4S/c1-22-12-8-11(9-13(10-12)23-2)16-19-20-17(24-16)18-15(21)6-5-14-4-3-7-25-14/h3-10H,1-2H3,(H,18,20,21)/b6-5+. The molecule has 1 aromatic carbocycles.